The molecule has 2 nitrogen and oxygen atoms in total. The van der Waals surface area contributed by atoms with Crippen LogP contribution in [0.4, 0.5) is 0 Å². The van der Waals surface area contributed by atoms with E-state index in [1.807, 2.05) is 49.0 Å². The zero-order valence-electron chi connectivity index (χ0n) is 11.7. The molecule has 21 heavy (non-hydrogen) atoms. The van der Waals surface area contributed by atoms with Crippen LogP contribution < -0.4 is 5.32 Å². The molecule has 2 aromatic carbocycles. The molecule has 0 saturated heterocycles. The first-order valence-corrected chi connectivity index (χ1v) is 8.72. The molecule has 0 bridgehead atoms. The Bertz CT molecular complexity index is 686. The van der Waals surface area contributed by atoms with Gasteiger partial charge in [-0.3, -0.25) is 4.79 Å². The van der Waals surface area contributed by atoms with E-state index in [0.717, 1.165) is 22.2 Å². The third kappa shape index (κ3) is 3.16. The summed E-state index contributed by atoms with van der Waals surface area (Å²) in [6.07, 6.45) is 0.973. The molecule has 1 atom stereocenters. The second-order valence-electron chi connectivity index (χ2n) is 5.16. The predicted molar refractivity (Wildman–Crippen MR) is 90.9 cm³/mol. The minimum absolute atomic E-state index is 0.0117. The summed E-state index contributed by atoms with van der Waals surface area (Å²) in [5, 5.41) is 3.16. The lowest BCUT2D eigenvalue weighted by atomic mass is 10.0. The number of nitrogens with one attached hydrogen (secondary N) is 1. The van der Waals surface area contributed by atoms with E-state index >= 15 is 0 Å². The summed E-state index contributed by atoms with van der Waals surface area (Å²) in [6.45, 7) is 2.01. The molecule has 0 aromatic heterocycles. The SMILES string of the molecule is Cc1ccc(C(=O)NC2CCSc3ccccc32)cc1Br. The van der Waals surface area contributed by atoms with Crippen LogP contribution >= 0.6 is 27.7 Å². The molecule has 1 unspecified atom stereocenters. The van der Waals surface area contributed by atoms with E-state index in [-0.39, 0.29) is 11.9 Å². The fourth-order valence-corrected chi connectivity index (χ4v) is 3.97. The monoisotopic (exact) mass is 361 g/mol. The lowest BCUT2D eigenvalue weighted by Gasteiger charge is -2.26. The van der Waals surface area contributed by atoms with Gasteiger partial charge in [-0.15, -0.1) is 11.8 Å². The lowest BCUT2D eigenvalue weighted by molar-refractivity contribution is 0.0935. The van der Waals surface area contributed by atoms with Crippen molar-refractivity contribution in [1.29, 1.82) is 0 Å². The fraction of sp³-hybridized carbons (Fsp3) is 0.235. The molecule has 1 N–H and O–H groups in total. The highest BCUT2D eigenvalue weighted by Crippen LogP contribution is 2.35. The number of carbonyl (C=O) groups excluding carboxylic acids is 1. The minimum Gasteiger partial charge on any atom is -0.345 e. The van der Waals surface area contributed by atoms with Gasteiger partial charge in [0.25, 0.3) is 5.91 Å². The maximum atomic E-state index is 12.4. The molecule has 1 aliphatic rings. The van der Waals surface area contributed by atoms with Crippen LogP contribution in [0.15, 0.2) is 51.8 Å². The average molecular weight is 362 g/mol. The molecule has 0 aliphatic carbocycles. The molecule has 0 radical (unpaired) electrons. The molecule has 0 saturated carbocycles. The Labute approximate surface area is 137 Å². The summed E-state index contributed by atoms with van der Waals surface area (Å²) in [6, 6.07) is 14.1. The molecular formula is C17H16BrNOS. The number of halogens is 1. The Balaban J connectivity index is 1.81. The summed E-state index contributed by atoms with van der Waals surface area (Å²) in [5.74, 6) is 1.03. The third-order valence-electron chi connectivity index (χ3n) is 3.70. The van der Waals surface area contributed by atoms with E-state index in [1.165, 1.54) is 10.5 Å². The number of thioether (sulfide) groups is 1. The number of aryl methyl sites for hydroxylation is 1. The Morgan fingerprint density at radius 2 is 2.10 bits per heavy atom. The highest BCUT2D eigenvalue weighted by molar-refractivity contribution is 9.10. The molecule has 1 heterocycles. The van der Waals surface area contributed by atoms with Crippen molar-refractivity contribution < 1.29 is 4.79 Å². The largest absolute Gasteiger partial charge is 0.345 e. The van der Waals surface area contributed by atoms with Crippen LogP contribution in [0.2, 0.25) is 0 Å². The second kappa shape index (κ2) is 6.24. The lowest BCUT2D eigenvalue weighted by Crippen LogP contribution is -2.30. The molecule has 4 heteroatoms. The van der Waals surface area contributed by atoms with E-state index in [2.05, 4.69) is 33.4 Å². The number of hydrogen-bond acceptors (Lipinski definition) is 2. The van der Waals surface area contributed by atoms with Crippen molar-refractivity contribution in [3.8, 4) is 0 Å². The van der Waals surface area contributed by atoms with Crippen LogP contribution in [0.3, 0.4) is 0 Å². The first-order chi connectivity index (χ1) is 10.1. The molecule has 0 fully saturated rings. The summed E-state index contributed by atoms with van der Waals surface area (Å²) in [7, 11) is 0. The number of carbonyl (C=O) groups is 1. The average Bonchev–Trinajstić information content (AvgIpc) is 2.50. The Hall–Kier alpha value is -1.26. The topological polar surface area (TPSA) is 29.1 Å². The zero-order valence-corrected chi connectivity index (χ0v) is 14.1. The molecule has 2 aromatic rings. The van der Waals surface area contributed by atoms with Gasteiger partial charge < -0.3 is 5.32 Å². The number of rotatable bonds is 2. The fourth-order valence-electron chi connectivity index (χ4n) is 2.47. The van der Waals surface area contributed by atoms with Crippen molar-refractivity contribution in [3.63, 3.8) is 0 Å². The molecule has 1 aliphatic heterocycles. The van der Waals surface area contributed by atoms with Crippen LogP contribution in [0, 0.1) is 6.92 Å². The van der Waals surface area contributed by atoms with E-state index in [9.17, 15) is 4.79 Å². The normalized spacial score (nSPS) is 17.1. The van der Waals surface area contributed by atoms with Gasteiger partial charge in [-0.25, -0.2) is 0 Å². The molecule has 0 spiro atoms. The van der Waals surface area contributed by atoms with Gasteiger partial charge in [0.15, 0.2) is 0 Å². The van der Waals surface area contributed by atoms with Crippen molar-refractivity contribution in [3.05, 3.63) is 63.6 Å². The Morgan fingerprint density at radius 3 is 2.90 bits per heavy atom. The molecule has 108 valence electrons. The van der Waals surface area contributed by atoms with Crippen LogP contribution in [-0.2, 0) is 0 Å². The van der Waals surface area contributed by atoms with Gasteiger partial charge in [-0.1, -0.05) is 40.2 Å². The van der Waals surface area contributed by atoms with Gasteiger partial charge in [-0.05, 0) is 42.7 Å². The van der Waals surface area contributed by atoms with Crippen LogP contribution in [0.1, 0.15) is 33.9 Å². The summed E-state index contributed by atoms with van der Waals surface area (Å²) < 4.78 is 0.967. The maximum Gasteiger partial charge on any atom is 0.251 e. The van der Waals surface area contributed by atoms with Crippen LogP contribution in [0.5, 0.6) is 0 Å². The van der Waals surface area contributed by atoms with Gasteiger partial charge in [0.1, 0.15) is 0 Å². The van der Waals surface area contributed by atoms with Gasteiger partial charge in [0.2, 0.25) is 0 Å². The van der Waals surface area contributed by atoms with E-state index in [4.69, 9.17) is 0 Å². The predicted octanol–water partition coefficient (Wildman–Crippen LogP) is 4.72. The first-order valence-electron chi connectivity index (χ1n) is 6.94. The first kappa shape index (κ1) is 14.7. The van der Waals surface area contributed by atoms with Crippen molar-refractivity contribution in [2.75, 3.05) is 5.75 Å². The van der Waals surface area contributed by atoms with Crippen molar-refractivity contribution >= 4 is 33.6 Å². The summed E-state index contributed by atoms with van der Waals surface area (Å²) in [5.41, 5.74) is 3.06. The van der Waals surface area contributed by atoms with Crippen LogP contribution in [-0.4, -0.2) is 11.7 Å². The quantitative estimate of drug-likeness (QED) is 0.837. The standard InChI is InChI=1S/C17H16BrNOS/c1-11-6-7-12(10-14(11)18)17(20)19-15-8-9-21-16-5-3-2-4-13(15)16/h2-7,10,15H,8-9H2,1H3,(H,19,20). The van der Waals surface area contributed by atoms with Crippen molar-refractivity contribution in [1.82, 2.24) is 5.32 Å². The Kier molecular flexibility index (Phi) is 4.36. The van der Waals surface area contributed by atoms with Gasteiger partial charge in [0, 0.05) is 20.7 Å². The molecule has 1 amide bonds. The minimum atomic E-state index is -0.0117. The van der Waals surface area contributed by atoms with Gasteiger partial charge in [0.05, 0.1) is 6.04 Å². The van der Waals surface area contributed by atoms with Crippen LogP contribution in [0.25, 0.3) is 0 Å². The summed E-state index contributed by atoms with van der Waals surface area (Å²) >= 11 is 5.34. The number of amides is 1. The highest BCUT2D eigenvalue weighted by Gasteiger charge is 2.22. The third-order valence-corrected chi connectivity index (χ3v) is 5.67. The van der Waals surface area contributed by atoms with Gasteiger partial charge in [-0.2, -0.15) is 0 Å². The second-order valence-corrected chi connectivity index (χ2v) is 7.16. The van der Waals surface area contributed by atoms with Crippen molar-refractivity contribution in [2.45, 2.75) is 24.3 Å². The number of hydrogen-bond donors (Lipinski definition) is 1. The molecule has 3 rings (SSSR count). The molecular weight excluding hydrogens is 346 g/mol. The van der Waals surface area contributed by atoms with E-state index in [1.54, 1.807) is 0 Å². The number of fused-ring (bicyclic) bond motifs is 1. The summed E-state index contributed by atoms with van der Waals surface area (Å²) in [4.78, 5) is 13.7. The zero-order chi connectivity index (χ0) is 14.8. The van der Waals surface area contributed by atoms with E-state index in [0.29, 0.717) is 5.56 Å². The van der Waals surface area contributed by atoms with Crippen molar-refractivity contribution in [2.24, 2.45) is 0 Å². The number of benzene rings is 2. The van der Waals surface area contributed by atoms with Gasteiger partial charge >= 0.3 is 0 Å². The highest BCUT2D eigenvalue weighted by atomic mass is 79.9. The van der Waals surface area contributed by atoms with E-state index < -0.39 is 0 Å². The Morgan fingerprint density at radius 1 is 1.29 bits per heavy atom. The smallest absolute Gasteiger partial charge is 0.251 e. The maximum absolute atomic E-state index is 12.4.